The van der Waals surface area contributed by atoms with Gasteiger partial charge in [0, 0.05) is 7.05 Å². The van der Waals surface area contributed by atoms with Crippen LogP contribution in [0.1, 0.15) is 18.5 Å². The third-order valence-corrected chi connectivity index (χ3v) is 2.83. The molecule has 15 heavy (non-hydrogen) atoms. The molecule has 2 aromatic heterocycles. The van der Waals surface area contributed by atoms with Gasteiger partial charge < -0.3 is 10.3 Å². The summed E-state index contributed by atoms with van der Waals surface area (Å²) in [4.78, 5) is 12.8. The highest BCUT2D eigenvalue weighted by molar-refractivity contribution is 5.74. The number of aryl methyl sites for hydroxylation is 1. The fourth-order valence-corrected chi connectivity index (χ4v) is 1.82. The maximum Gasteiger partial charge on any atom is 0.222 e. The zero-order chi connectivity index (χ0) is 10.4. The number of aromatic nitrogens is 4. The van der Waals surface area contributed by atoms with E-state index in [-0.39, 0.29) is 0 Å². The van der Waals surface area contributed by atoms with E-state index in [1.54, 1.807) is 6.33 Å². The summed E-state index contributed by atoms with van der Waals surface area (Å²) in [6, 6.07) is 0. The summed E-state index contributed by atoms with van der Waals surface area (Å²) in [6.07, 6.45) is 5.35. The highest BCUT2D eigenvalue weighted by Gasteiger charge is 2.24. The van der Waals surface area contributed by atoms with Gasteiger partial charge in [-0.05, 0) is 25.2 Å². The molecule has 0 unspecified atom stereocenters. The third kappa shape index (κ3) is 1.44. The lowest BCUT2D eigenvalue weighted by molar-refractivity contribution is 0.808. The molecule has 78 valence electrons. The van der Waals surface area contributed by atoms with Crippen LogP contribution in [0.4, 0.5) is 5.95 Å². The number of nitrogen functional groups attached to an aromatic ring is 1. The van der Waals surface area contributed by atoms with Crippen molar-refractivity contribution in [2.24, 2.45) is 13.0 Å². The minimum Gasteiger partial charge on any atom is -0.368 e. The molecule has 0 saturated heterocycles. The molecule has 0 aromatic carbocycles. The Bertz CT molecular complexity index is 512. The Balaban J connectivity index is 2.16. The Hall–Kier alpha value is -1.65. The van der Waals surface area contributed by atoms with Crippen LogP contribution in [0.25, 0.3) is 11.2 Å². The molecule has 1 aliphatic carbocycles. The monoisotopic (exact) mass is 203 g/mol. The van der Waals surface area contributed by atoms with Crippen molar-refractivity contribution in [3.8, 4) is 0 Å². The van der Waals surface area contributed by atoms with Gasteiger partial charge in [-0.1, -0.05) is 0 Å². The summed E-state index contributed by atoms with van der Waals surface area (Å²) in [5.74, 6) is 1.13. The number of hydrogen-bond donors (Lipinski definition) is 1. The Morgan fingerprint density at radius 2 is 2.27 bits per heavy atom. The van der Waals surface area contributed by atoms with Crippen LogP contribution in [0.2, 0.25) is 0 Å². The SMILES string of the molecule is Cn1cnc2c(CC3CC3)nc(N)nc21. The van der Waals surface area contributed by atoms with Crippen LogP contribution < -0.4 is 5.73 Å². The molecular formula is C10H13N5. The first kappa shape index (κ1) is 8.64. The van der Waals surface area contributed by atoms with Crippen LogP contribution in [0, 0.1) is 5.92 Å². The molecule has 2 heterocycles. The van der Waals surface area contributed by atoms with E-state index in [2.05, 4.69) is 15.0 Å². The van der Waals surface area contributed by atoms with Gasteiger partial charge in [-0.3, -0.25) is 0 Å². The van der Waals surface area contributed by atoms with Gasteiger partial charge in [0.2, 0.25) is 5.95 Å². The van der Waals surface area contributed by atoms with Gasteiger partial charge >= 0.3 is 0 Å². The second-order valence-electron chi connectivity index (χ2n) is 4.20. The van der Waals surface area contributed by atoms with Crippen molar-refractivity contribution in [2.75, 3.05) is 5.73 Å². The number of rotatable bonds is 2. The zero-order valence-corrected chi connectivity index (χ0v) is 8.64. The van der Waals surface area contributed by atoms with Crippen molar-refractivity contribution in [3.05, 3.63) is 12.0 Å². The fraction of sp³-hybridized carbons (Fsp3) is 0.500. The van der Waals surface area contributed by atoms with Gasteiger partial charge in [-0.25, -0.2) is 9.97 Å². The number of imidazole rings is 1. The predicted molar refractivity (Wildman–Crippen MR) is 57.1 cm³/mol. The topological polar surface area (TPSA) is 69.6 Å². The molecule has 0 spiro atoms. The van der Waals surface area contributed by atoms with Gasteiger partial charge in [0.15, 0.2) is 5.65 Å². The van der Waals surface area contributed by atoms with Crippen LogP contribution in [-0.4, -0.2) is 19.5 Å². The Labute approximate surface area is 87.3 Å². The molecule has 1 saturated carbocycles. The summed E-state index contributed by atoms with van der Waals surface area (Å²) >= 11 is 0. The summed E-state index contributed by atoms with van der Waals surface area (Å²) < 4.78 is 1.88. The zero-order valence-electron chi connectivity index (χ0n) is 8.64. The first-order valence-electron chi connectivity index (χ1n) is 5.17. The van der Waals surface area contributed by atoms with E-state index >= 15 is 0 Å². The van der Waals surface area contributed by atoms with Crippen molar-refractivity contribution in [1.29, 1.82) is 0 Å². The quantitative estimate of drug-likeness (QED) is 0.787. The van der Waals surface area contributed by atoms with E-state index in [0.29, 0.717) is 5.95 Å². The van der Waals surface area contributed by atoms with Gasteiger partial charge in [0.1, 0.15) is 5.52 Å². The minimum atomic E-state index is 0.349. The molecule has 2 aromatic rings. The molecule has 5 heteroatoms. The molecule has 1 aliphatic rings. The molecular weight excluding hydrogens is 190 g/mol. The summed E-state index contributed by atoms with van der Waals surface area (Å²) in [5.41, 5.74) is 8.42. The second kappa shape index (κ2) is 2.92. The molecule has 1 fully saturated rings. The Morgan fingerprint density at radius 1 is 1.47 bits per heavy atom. The molecule has 0 atom stereocenters. The van der Waals surface area contributed by atoms with Crippen molar-refractivity contribution in [1.82, 2.24) is 19.5 Å². The molecule has 0 aliphatic heterocycles. The normalized spacial score (nSPS) is 16.1. The molecule has 0 radical (unpaired) electrons. The molecule has 3 rings (SSSR count). The number of fused-ring (bicyclic) bond motifs is 1. The van der Waals surface area contributed by atoms with Crippen LogP contribution in [-0.2, 0) is 13.5 Å². The maximum atomic E-state index is 5.69. The van der Waals surface area contributed by atoms with Gasteiger partial charge in [0.25, 0.3) is 0 Å². The predicted octanol–water partition coefficient (Wildman–Crippen LogP) is 0.898. The molecule has 2 N–H and O–H groups in total. The average Bonchev–Trinajstić information content (AvgIpc) is 2.92. The standard InChI is InChI=1S/C10H13N5/c1-15-5-12-8-7(4-6-2-3-6)13-10(11)14-9(8)15/h5-6H,2-4H2,1H3,(H2,11,13,14). The van der Waals surface area contributed by atoms with Crippen LogP contribution in [0.5, 0.6) is 0 Å². The highest BCUT2D eigenvalue weighted by atomic mass is 15.1. The number of nitrogens with zero attached hydrogens (tertiary/aromatic N) is 4. The average molecular weight is 203 g/mol. The van der Waals surface area contributed by atoms with E-state index in [1.807, 2.05) is 11.6 Å². The number of anilines is 1. The molecule has 5 nitrogen and oxygen atoms in total. The fourth-order valence-electron chi connectivity index (χ4n) is 1.82. The van der Waals surface area contributed by atoms with Crippen molar-refractivity contribution in [3.63, 3.8) is 0 Å². The Kier molecular flexibility index (Phi) is 1.68. The van der Waals surface area contributed by atoms with E-state index < -0.39 is 0 Å². The Morgan fingerprint density at radius 3 is 3.00 bits per heavy atom. The van der Waals surface area contributed by atoms with Crippen LogP contribution in [0.15, 0.2) is 6.33 Å². The molecule has 0 amide bonds. The van der Waals surface area contributed by atoms with Crippen molar-refractivity contribution in [2.45, 2.75) is 19.3 Å². The van der Waals surface area contributed by atoms with Gasteiger partial charge in [-0.2, -0.15) is 4.98 Å². The van der Waals surface area contributed by atoms with E-state index in [4.69, 9.17) is 5.73 Å². The van der Waals surface area contributed by atoms with Gasteiger partial charge in [-0.15, -0.1) is 0 Å². The third-order valence-electron chi connectivity index (χ3n) is 2.83. The smallest absolute Gasteiger partial charge is 0.222 e. The highest BCUT2D eigenvalue weighted by Crippen LogP contribution is 2.33. The van der Waals surface area contributed by atoms with Crippen LogP contribution in [0.3, 0.4) is 0 Å². The van der Waals surface area contributed by atoms with Crippen molar-refractivity contribution < 1.29 is 0 Å². The van der Waals surface area contributed by atoms with E-state index in [9.17, 15) is 0 Å². The van der Waals surface area contributed by atoms with E-state index in [1.165, 1.54) is 12.8 Å². The van der Waals surface area contributed by atoms with Crippen LogP contribution >= 0.6 is 0 Å². The van der Waals surface area contributed by atoms with Gasteiger partial charge in [0.05, 0.1) is 12.0 Å². The second-order valence-corrected chi connectivity index (χ2v) is 4.20. The maximum absolute atomic E-state index is 5.69. The number of nitrogens with two attached hydrogens (primary N) is 1. The lowest BCUT2D eigenvalue weighted by atomic mass is 10.2. The minimum absolute atomic E-state index is 0.349. The van der Waals surface area contributed by atoms with Crippen molar-refractivity contribution >= 4 is 17.1 Å². The summed E-state index contributed by atoms with van der Waals surface area (Å²) in [6.45, 7) is 0. The number of hydrogen-bond acceptors (Lipinski definition) is 4. The van der Waals surface area contributed by atoms with E-state index in [0.717, 1.165) is 29.2 Å². The summed E-state index contributed by atoms with van der Waals surface area (Å²) in [5, 5.41) is 0. The first-order valence-corrected chi connectivity index (χ1v) is 5.17. The lowest BCUT2D eigenvalue weighted by Gasteiger charge is -2.02. The first-order chi connectivity index (χ1) is 7.24. The summed E-state index contributed by atoms with van der Waals surface area (Å²) in [7, 11) is 1.92. The largest absolute Gasteiger partial charge is 0.368 e. The lowest BCUT2D eigenvalue weighted by Crippen LogP contribution is -2.02. The molecule has 0 bridgehead atoms.